The molecule has 1 rings (SSSR count). The molecule has 0 aliphatic carbocycles. The van der Waals surface area contributed by atoms with E-state index in [0.29, 0.717) is 6.54 Å². The maximum Gasteiger partial charge on any atom is 0.320 e. The van der Waals surface area contributed by atoms with Crippen LogP contribution in [0.15, 0.2) is 18.5 Å². The first-order valence-electron chi connectivity index (χ1n) is 5.38. The van der Waals surface area contributed by atoms with E-state index in [9.17, 15) is 4.79 Å². The highest BCUT2D eigenvalue weighted by Crippen LogP contribution is 2.07. The molecule has 88 valence electrons. The van der Waals surface area contributed by atoms with E-state index in [0.717, 1.165) is 11.1 Å². The minimum Gasteiger partial charge on any atom is -0.480 e. The Morgan fingerprint density at radius 2 is 2.25 bits per heavy atom. The summed E-state index contributed by atoms with van der Waals surface area (Å²) < 4.78 is 0. The van der Waals surface area contributed by atoms with Gasteiger partial charge in [0.05, 0.1) is 0 Å². The normalized spacial score (nSPS) is 12.8. The van der Waals surface area contributed by atoms with E-state index >= 15 is 0 Å². The van der Waals surface area contributed by atoms with Crippen molar-refractivity contribution in [3.05, 3.63) is 29.6 Å². The summed E-state index contributed by atoms with van der Waals surface area (Å²) in [5.74, 6) is -0.735. The number of aliphatic carboxylic acids is 1. The van der Waals surface area contributed by atoms with Crippen LogP contribution in [-0.4, -0.2) is 22.1 Å². The molecule has 0 amide bonds. The van der Waals surface area contributed by atoms with E-state index in [2.05, 4.69) is 10.3 Å². The minimum absolute atomic E-state index is 0.0691. The summed E-state index contributed by atoms with van der Waals surface area (Å²) in [6.45, 7) is 6.31. The van der Waals surface area contributed by atoms with Crippen molar-refractivity contribution < 1.29 is 9.90 Å². The Hall–Kier alpha value is -1.42. The average molecular weight is 222 g/mol. The van der Waals surface area contributed by atoms with Gasteiger partial charge in [0.1, 0.15) is 6.04 Å². The zero-order valence-corrected chi connectivity index (χ0v) is 9.90. The Morgan fingerprint density at radius 1 is 1.56 bits per heavy atom. The smallest absolute Gasteiger partial charge is 0.320 e. The van der Waals surface area contributed by atoms with Crippen LogP contribution in [0.2, 0.25) is 0 Å². The van der Waals surface area contributed by atoms with Crippen molar-refractivity contribution in [3.8, 4) is 0 Å². The number of hydrogen-bond acceptors (Lipinski definition) is 3. The van der Waals surface area contributed by atoms with E-state index in [1.807, 2.05) is 26.8 Å². The van der Waals surface area contributed by atoms with Crippen LogP contribution in [0.1, 0.15) is 25.0 Å². The van der Waals surface area contributed by atoms with Gasteiger partial charge >= 0.3 is 5.97 Å². The molecular weight excluding hydrogens is 204 g/mol. The lowest BCUT2D eigenvalue weighted by Gasteiger charge is -2.18. The molecule has 0 aliphatic rings. The van der Waals surface area contributed by atoms with Crippen molar-refractivity contribution >= 4 is 5.97 Å². The van der Waals surface area contributed by atoms with E-state index < -0.39 is 12.0 Å². The van der Waals surface area contributed by atoms with Gasteiger partial charge in [0, 0.05) is 18.9 Å². The summed E-state index contributed by atoms with van der Waals surface area (Å²) >= 11 is 0. The first-order valence-corrected chi connectivity index (χ1v) is 5.38. The van der Waals surface area contributed by atoms with Gasteiger partial charge in [-0.05, 0) is 30.0 Å². The molecule has 0 aliphatic heterocycles. The van der Waals surface area contributed by atoms with Gasteiger partial charge in [-0.1, -0.05) is 13.8 Å². The number of aromatic nitrogens is 1. The van der Waals surface area contributed by atoms with Crippen molar-refractivity contribution in [2.24, 2.45) is 5.92 Å². The highest BCUT2D eigenvalue weighted by molar-refractivity contribution is 5.73. The molecule has 0 aromatic carbocycles. The van der Waals surface area contributed by atoms with Crippen LogP contribution in [0, 0.1) is 12.8 Å². The third-order valence-electron chi connectivity index (χ3n) is 2.58. The summed E-state index contributed by atoms with van der Waals surface area (Å²) in [5.41, 5.74) is 2.16. The molecule has 1 aromatic heterocycles. The quantitative estimate of drug-likeness (QED) is 0.794. The number of aryl methyl sites for hydroxylation is 1. The summed E-state index contributed by atoms with van der Waals surface area (Å²) in [5, 5.41) is 12.1. The van der Waals surface area contributed by atoms with Gasteiger partial charge in [-0.25, -0.2) is 0 Å². The topological polar surface area (TPSA) is 62.2 Å². The second kappa shape index (κ2) is 5.61. The van der Waals surface area contributed by atoms with Crippen LogP contribution in [-0.2, 0) is 11.3 Å². The maximum atomic E-state index is 11.0. The third-order valence-corrected chi connectivity index (χ3v) is 2.58. The summed E-state index contributed by atoms with van der Waals surface area (Å²) in [6.07, 6.45) is 3.50. The van der Waals surface area contributed by atoms with Crippen LogP contribution in [0.25, 0.3) is 0 Å². The Balaban J connectivity index is 2.63. The van der Waals surface area contributed by atoms with Crippen molar-refractivity contribution in [2.75, 3.05) is 0 Å². The van der Waals surface area contributed by atoms with E-state index in [1.54, 1.807) is 12.4 Å². The number of hydrogen-bond donors (Lipinski definition) is 2. The lowest BCUT2D eigenvalue weighted by atomic mass is 10.0. The van der Waals surface area contributed by atoms with Gasteiger partial charge < -0.3 is 10.4 Å². The third kappa shape index (κ3) is 3.31. The highest BCUT2D eigenvalue weighted by atomic mass is 16.4. The fraction of sp³-hybridized carbons (Fsp3) is 0.500. The SMILES string of the molecule is Cc1cnccc1CNC(C(=O)O)C(C)C. The molecule has 0 saturated carbocycles. The van der Waals surface area contributed by atoms with Crippen molar-refractivity contribution in [2.45, 2.75) is 33.4 Å². The molecule has 1 heterocycles. The molecule has 16 heavy (non-hydrogen) atoms. The molecule has 4 nitrogen and oxygen atoms in total. The number of carbonyl (C=O) groups is 1. The van der Waals surface area contributed by atoms with Gasteiger partial charge in [0.2, 0.25) is 0 Å². The van der Waals surface area contributed by atoms with Gasteiger partial charge in [-0.3, -0.25) is 9.78 Å². The van der Waals surface area contributed by atoms with Crippen molar-refractivity contribution in [1.82, 2.24) is 10.3 Å². The first kappa shape index (κ1) is 12.6. The maximum absolute atomic E-state index is 11.0. The zero-order chi connectivity index (χ0) is 12.1. The molecule has 0 radical (unpaired) electrons. The lowest BCUT2D eigenvalue weighted by molar-refractivity contribution is -0.140. The molecule has 1 unspecified atom stereocenters. The number of rotatable bonds is 5. The van der Waals surface area contributed by atoms with E-state index in [1.165, 1.54) is 0 Å². The van der Waals surface area contributed by atoms with Gasteiger partial charge in [0.15, 0.2) is 0 Å². The zero-order valence-electron chi connectivity index (χ0n) is 9.90. The number of pyridine rings is 1. The predicted octanol–water partition coefficient (Wildman–Crippen LogP) is 1.59. The molecular formula is C12H18N2O2. The molecule has 0 bridgehead atoms. The summed E-state index contributed by atoms with van der Waals surface area (Å²) in [6, 6.07) is 1.40. The summed E-state index contributed by atoms with van der Waals surface area (Å²) in [7, 11) is 0. The molecule has 2 N–H and O–H groups in total. The average Bonchev–Trinajstić information content (AvgIpc) is 2.20. The van der Waals surface area contributed by atoms with Crippen LogP contribution in [0.4, 0.5) is 0 Å². The number of carboxylic acid groups (broad SMARTS) is 1. The van der Waals surface area contributed by atoms with Crippen LogP contribution >= 0.6 is 0 Å². The van der Waals surface area contributed by atoms with Gasteiger partial charge in [0.25, 0.3) is 0 Å². The summed E-state index contributed by atoms with van der Waals surface area (Å²) in [4.78, 5) is 15.0. The standard InChI is InChI=1S/C12H18N2O2/c1-8(2)11(12(15)16)14-7-10-4-5-13-6-9(10)3/h4-6,8,11,14H,7H2,1-3H3,(H,15,16). The van der Waals surface area contributed by atoms with Crippen LogP contribution < -0.4 is 5.32 Å². The molecule has 0 fully saturated rings. The van der Waals surface area contributed by atoms with Gasteiger partial charge in [-0.15, -0.1) is 0 Å². The van der Waals surface area contributed by atoms with E-state index in [-0.39, 0.29) is 5.92 Å². The Morgan fingerprint density at radius 3 is 2.75 bits per heavy atom. The number of nitrogens with zero attached hydrogens (tertiary/aromatic N) is 1. The molecule has 1 aromatic rings. The monoisotopic (exact) mass is 222 g/mol. The minimum atomic E-state index is -0.804. The second-order valence-corrected chi connectivity index (χ2v) is 4.24. The number of carboxylic acids is 1. The van der Waals surface area contributed by atoms with Crippen molar-refractivity contribution in [3.63, 3.8) is 0 Å². The largest absolute Gasteiger partial charge is 0.480 e. The van der Waals surface area contributed by atoms with E-state index in [4.69, 9.17) is 5.11 Å². The van der Waals surface area contributed by atoms with Crippen LogP contribution in [0.3, 0.4) is 0 Å². The molecule has 0 saturated heterocycles. The first-order chi connectivity index (χ1) is 7.52. The van der Waals surface area contributed by atoms with Crippen LogP contribution in [0.5, 0.6) is 0 Å². The Labute approximate surface area is 95.7 Å². The molecule has 4 heteroatoms. The second-order valence-electron chi connectivity index (χ2n) is 4.24. The fourth-order valence-electron chi connectivity index (χ4n) is 1.53. The predicted molar refractivity (Wildman–Crippen MR) is 62.1 cm³/mol. The molecule has 1 atom stereocenters. The lowest BCUT2D eigenvalue weighted by Crippen LogP contribution is -2.40. The highest BCUT2D eigenvalue weighted by Gasteiger charge is 2.20. The Bertz CT molecular complexity index is 364. The van der Waals surface area contributed by atoms with Crippen molar-refractivity contribution in [1.29, 1.82) is 0 Å². The number of nitrogens with one attached hydrogen (secondary N) is 1. The van der Waals surface area contributed by atoms with Gasteiger partial charge in [-0.2, -0.15) is 0 Å². The Kier molecular flexibility index (Phi) is 4.43. The molecule has 0 spiro atoms. The fourth-order valence-corrected chi connectivity index (χ4v) is 1.53.